The third-order valence-corrected chi connectivity index (χ3v) is 2.71. The van der Waals surface area contributed by atoms with Crippen molar-refractivity contribution in [3.8, 4) is 0 Å². The summed E-state index contributed by atoms with van der Waals surface area (Å²) in [6, 6.07) is 3.32. The van der Waals surface area contributed by atoms with Gasteiger partial charge >= 0.3 is 11.9 Å². The van der Waals surface area contributed by atoms with Gasteiger partial charge in [0.05, 0.1) is 17.9 Å². The Hall–Kier alpha value is -1.50. The molecule has 0 atom stereocenters. The average molecular weight is 291 g/mol. The van der Waals surface area contributed by atoms with Gasteiger partial charge in [-0.05, 0) is 32.7 Å². The third kappa shape index (κ3) is 3.09. The van der Waals surface area contributed by atoms with Crippen LogP contribution >= 0.6 is 12.8 Å². The number of halogens is 3. The molecule has 0 amide bonds. The minimum Gasteiger partial charge on any atom is -0.461 e. The average Bonchev–Trinajstić information content (AvgIpc) is 2.38. The highest BCUT2D eigenvalue weighted by atomic mass is 32.1. The number of esters is 1. The number of rotatable bonds is 4. The standard InChI is InChI=1S/C12H12F3NO2S/c1-3-18-11(17)12(14,15)9-6-4-5-8(10(9)13)7(2)16-19/h4-6,19H,3H2,1-2H3. The Bertz CT molecular complexity index is 518. The lowest BCUT2D eigenvalue weighted by atomic mass is 10.0. The van der Waals surface area contributed by atoms with Gasteiger partial charge < -0.3 is 4.74 Å². The number of carbonyl (C=O) groups is 1. The molecule has 0 N–H and O–H groups in total. The van der Waals surface area contributed by atoms with Crippen molar-refractivity contribution in [1.29, 1.82) is 0 Å². The third-order valence-electron chi connectivity index (χ3n) is 2.41. The number of ether oxygens (including phenoxy) is 1. The molecule has 1 rings (SSSR count). The SMILES string of the molecule is CCOC(=O)C(F)(F)c1cccc(C(C)=NS)c1F. The highest BCUT2D eigenvalue weighted by Gasteiger charge is 2.45. The fourth-order valence-electron chi connectivity index (χ4n) is 1.44. The first kappa shape index (κ1) is 15.6. The van der Waals surface area contributed by atoms with Gasteiger partial charge in [0.2, 0.25) is 0 Å². The van der Waals surface area contributed by atoms with Crippen LogP contribution in [0.5, 0.6) is 0 Å². The van der Waals surface area contributed by atoms with Gasteiger partial charge in [0.15, 0.2) is 0 Å². The Kier molecular flexibility index (Phi) is 4.99. The number of benzene rings is 1. The van der Waals surface area contributed by atoms with Crippen molar-refractivity contribution in [2.45, 2.75) is 19.8 Å². The minimum absolute atomic E-state index is 0.127. The maximum absolute atomic E-state index is 14.0. The van der Waals surface area contributed by atoms with Crippen molar-refractivity contribution < 1.29 is 22.7 Å². The summed E-state index contributed by atoms with van der Waals surface area (Å²) in [5.74, 6) is -7.05. The van der Waals surface area contributed by atoms with Crippen LogP contribution in [-0.4, -0.2) is 18.3 Å². The zero-order chi connectivity index (χ0) is 14.6. The van der Waals surface area contributed by atoms with Crippen molar-refractivity contribution in [3.05, 3.63) is 35.1 Å². The molecule has 0 unspecified atom stereocenters. The predicted octanol–water partition coefficient (Wildman–Crippen LogP) is 3.13. The second-order valence-electron chi connectivity index (χ2n) is 3.65. The lowest BCUT2D eigenvalue weighted by Gasteiger charge is -2.16. The largest absolute Gasteiger partial charge is 0.461 e. The van der Waals surface area contributed by atoms with Gasteiger partial charge in [0.25, 0.3) is 0 Å². The number of carbonyl (C=O) groups excluding carboxylic acids is 1. The topological polar surface area (TPSA) is 38.7 Å². The molecule has 104 valence electrons. The molecule has 3 nitrogen and oxygen atoms in total. The van der Waals surface area contributed by atoms with E-state index in [4.69, 9.17) is 0 Å². The number of hydrogen-bond acceptors (Lipinski definition) is 4. The number of thiol groups is 1. The van der Waals surface area contributed by atoms with Crippen molar-refractivity contribution >= 4 is 24.5 Å². The van der Waals surface area contributed by atoms with Crippen LogP contribution in [0.4, 0.5) is 13.2 Å². The van der Waals surface area contributed by atoms with Gasteiger partial charge in [-0.2, -0.15) is 8.78 Å². The summed E-state index contributed by atoms with van der Waals surface area (Å²) < 4.78 is 49.2. The first-order valence-electron chi connectivity index (χ1n) is 5.39. The molecule has 0 aromatic heterocycles. The normalized spacial score (nSPS) is 12.4. The van der Waals surface area contributed by atoms with E-state index in [1.54, 1.807) is 0 Å². The maximum atomic E-state index is 14.0. The maximum Gasteiger partial charge on any atom is 0.382 e. The summed E-state index contributed by atoms with van der Waals surface area (Å²) in [6.07, 6.45) is 0. The van der Waals surface area contributed by atoms with E-state index in [1.165, 1.54) is 26.0 Å². The number of alkyl halides is 2. The van der Waals surface area contributed by atoms with Gasteiger partial charge in [0.1, 0.15) is 5.82 Å². The Morgan fingerprint density at radius 2 is 2.11 bits per heavy atom. The van der Waals surface area contributed by atoms with Crippen molar-refractivity contribution in [2.75, 3.05) is 6.61 Å². The fraction of sp³-hybridized carbons (Fsp3) is 0.333. The summed E-state index contributed by atoms with van der Waals surface area (Å²) in [4.78, 5) is 11.2. The Labute approximate surface area is 114 Å². The molecule has 1 aromatic carbocycles. The van der Waals surface area contributed by atoms with Gasteiger partial charge in [-0.15, -0.1) is 0 Å². The Balaban J connectivity index is 3.32. The molecule has 19 heavy (non-hydrogen) atoms. The molecule has 0 aliphatic carbocycles. The molecule has 7 heteroatoms. The first-order valence-corrected chi connectivity index (χ1v) is 5.79. The van der Waals surface area contributed by atoms with Crippen molar-refractivity contribution in [2.24, 2.45) is 4.40 Å². The zero-order valence-corrected chi connectivity index (χ0v) is 11.2. The summed E-state index contributed by atoms with van der Waals surface area (Å²) >= 11 is 3.60. The van der Waals surface area contributed by atoms with Crippen LogP contribution < -0.4 is 0 Å². The molecule has 0 saturated heterocycles. The molecule has 0 aliphatic heterocycles. The summed E-state index contributed by atoms with van der Waals surface area (Å²) in [5, 5.41) is 0. The highest BCUT2D eigenvalue weighted by molar-refractivity contribution is 7.79. The van der Waals surface area contributed by atoms with E-state index in [0.717, 1.165) is 6.07 Å². The van der Waals surface area contributed by atoms with Gasteiger partial charge in [-0.1, -0.05) is 12.1 Å². The van der Waals surface area contributed by atoms with Crippen LogP contribution in [0.15, 0.2) is 22.6 Å². The van der Waals surface area contributed by atoms with Gasteiger partial charge in [0, 0.05) is 5.56 Å². The highest BCUT2D eigenvalue weighted by Crippen LogP contribution is 2.32. The number of hydrogen-bond donors (Lipinski definition) is 1. The minimum atomic E-state index is -4.05. The molecule has 0 bridgehead atoms. The first-order chi connectivity index (χ1) is 8.86. The molecule has 1 aromatic rings. The molecule has 0 heterocycles. The number of nitrogens with zero attached hydrogens (tertiary/aromatic N) is 1. The summed E-state index contributed by atoms with van der Waals surface area (Å²) in [7, 11) is 0. The van der Waals surface area contributed by atoms with Crippen LogP contribution in [0.25, 0.3) is 0 Å². The molecule has 0 saturated carbocycles. The molecule has 0 fully saturated rings. The van der Waals surface area contributed by atoms with Crippen LogP contribution in [0.1, 0.15) is 25.0 Å². The smallest absolute Gasteiger partial charge is 0.382 e. The van der Waals surface area contributed by atoms with E-state index >= 15 is 0 Å². The van der Waals surface area contributed by atoms with E-state index in [9.17, 15) is 18.0 Å². The predicted molar refractivity (Wildman–Crippen MR) is 68.1 cm³/mol. The van der Waals surface area contributed by atoms with Crippen LogP contribution in [-0.2, 0) is 15.5 Å². The van der Waals surface area contributed by atoms with Crippen molar-refractivity contribution in [3.63, 3.8) is 0 Å². The van der Waals surface area contributed by atoms with Crippen LogP contribution in [0.3, 0.4) is 0 Å². The second kappa shape index (κ2) is 6.10. The monoisotopic (exact) mass is 291 g/mol. The van der Waals surface area contributed by atoms with Gasteiger partial charge in [-0.25, -0.2) is 13.6 Å². The van der Waals surface area contributed by atoms with E-state index < -0.39 is 23.3 Å². The summed E-state index contributed by atoms with van der Waals surface area (Å²) in [6.45, 7) is 2.59. The zero-order valence-electron chi connectivity index (χ0n) is 10.3. The molecular weight excluding hydrogens is 279 g/mol. The van der Waals surface area contributed by atoms with Crippen LogP contribution in [0, 0.1) is 5.82 Å². The van der Waals surface area contributed by atoms with E-state index in [2.05, 4.69) is 21.9 Å². The van der Waals surface area contributed by atoms with Gasteiger partial charge in [-0.3, -0.25) is 0 Å². The molecular formula is C12H12F3NO2S. The fourth-order valence-corrected chi connectivity index (χ4v) is 1.55. The van der Waals surface area contributed by atoms with Crippen LogP contribution in [0.2, 0.25) is 0 Å². The lowest BCUT2D eigenvalue weighted by Crippen LogP contribution is -2.30. The molecule has 0 spiro atoms. The van der Waals surface area contributed by atoms with E-state index in [0.29, 0.717) is 0 Å². The second-order valence-corrected chi connectivity index (χ2v) is 3.85. The lowest BCUT2D eigenvalue weighted by molar-refractivity contribution is -0.173. The van der Waals surface area contributed by atoms with Crippen molar-refractivity contribution in [1.82, 2.24) is 0 Å². The quantitative estimate of drug-likeness (QED) is 0.526. The Morgan fingerprint density at radius 1 is 1.47 bits per heavy atom. The molecule has 0 radical (unpaired) electrons. The summed E-state index contributed by atoms with van der Waals surface area (Å²) in [5.41, 5.74) is -1.06. The Morgan fingerprint density at radius 3 is 2.63 bits per heavy atom. The van der Waals surface area contributed by atoms with E-state index in [1.807, 2.05) is 0 Å². The van der Waals surface area contributed by atoms with E-state index in [-0.39, 0.29) is 17.9 Å². The molecule has 0 aliphatic rings.